The molecular formula is C8H11F5O2. The van der Waals surface area contributed by atoms with Crippen molar-refractivity contribution in [2.24, 2.45) is 5.41 Å². The second-order valence-electron chi connectivity index (χ2n) is 3.95. The predicted octanol–water partition coefficient (Wildman–Crippen LogP) is 2.77. The molecule has 0 spiro atoms. The van der Waals surface area contributed by atoms with Crippen LogP contribution >= 0.6 is 0 Å². The third-order valence-corrected chi connectivity index (χ3v) is 1.40. The smallest absolute Gasteiger partial charge is 0.431 e. The van der Waals surface area contributed by atoms with E-state index < -0.39 is 30.1 Å². The lowest BCUT2D eigenvalue weighted by Crippen LogP contribution is -2.42. The molecule has 0 aliphatic carbocycles. The van der Waals surface area contributed by atoms with Crippen LogP contribution in [0.25, 0.3) is 0 Å². The Morgan fingerprint density at radius 1 is 1.13 bits per heavy atom. The van der Waals surface area contributed by atoms with Crippen LogP contribution in [0.5, 0.6) is 0 Å². The molecule has 0 fully saturated rings. The second-order valence-corrected chi connectivity index (χ2v) is 3.95. The van der Waals surface area contributed by atoms with Crippen molar-refractivity contribution in [1.29, 1.82) is 0 Å². The molecule has 0 amide bonds. The summed E-state index contributed by atoms with van der Waals surface area (Å²) in [6.07, 6.45) is -12.4. The molecule has 0 N–H and O–H groups in total. The van der Waals surface area contributed by atoms with Crippen LogP contribution in [0.15, 0.2) is 0 Å². The minimum Gasteiger partial charge on any atom is -0.446 e. The van der Waals surface area contributed by atoms with E-state index in [0.29, 0.717) is 0 Å². The van der Waals surface area contributed by atoms with E-state index in [2.05, 4.69) is 4.74 Å². The van der Waals surface area contributed by atoms with Crippen molar-refractivity contribution in [2.45, 2.75) is 39.5 Å². The van der Waals surface area contributed by atoms with Crippen molar-refractivity contribution in [3.63, 3.8) is 0 Å². The SMILES string of the molecule is CC(C)(C)C(=O)OC(C(F)F)C(F)(F)F. The first-order valence-corrected chi connectivity index (χ1v) is 4.02. The molecule has 1 atom stereocenters. The summed E-state index contributed by atoms with van der Waals surface area (Å²) < 4.78 is 63.5. The van der Waals surface area contributed by atoms with Gasteiger partial charge in [-0.2, -0.15) is 13.2 Å². The molecule has 0 aromatic heterocycles. The summed E-state index contributed by atoms with van der Waals surface area (Å²) >= 11 is 0. The first-order chi connectivity index (χ1) is 6.46. The number of esters is 1. The van der Waals surface area contributed by atoms with Gasteiger partial charge in [0, 0.05) is 0 Å². The highest BCUT2D eigenvalue weighted by Crippen LogP contribution is 2.29. The van der Waals surface area contributed by atoms with Crippen molar-refractivity contribution >= 4 is 5.97 Å². The summed E-state index contributed by atoms with van der Waals surface area (Å²) in [4.78, 5) is 11.0. The minimum absolute atomic E-state index is 1.25. The number of carbonyl (C=O) groups excluding carboxylic acids is 1. The third kappa shape index (κ3) is 4.44. The Kier molecular flexibility index (Phi) is 4.07. The van der Waals surface area contributed by atoms with Crippen LogP contribution in [0.1, 0.15) is 20.8 Å². The van der Waals surface area contributed by atoms with E-state index >= 15 is 0 Å². The number of carbonyl (C=O) groups is 1. The van der Waals surface area contributed by atoms with E-state index in [1.165, 1.54) is 20.8 Å². The third-order valence-electron chi connectivity index (χ3n) is 1.40. The summed E-state index contributed by atoms with van der Waals surface area (Å²) in [5, 5.41) is 0. The molecular weight excluding hydrogens is 223 g/mol. The van der Waals surface area contributed by atoms with Gasteiger partial charge in [-0.25, -0.2) is 8.78 Å². The van der Waals surface area contributed by atoms with Crippen molar-refractivity contribution in [3.8, 4) is 0 Å². The molecule has 0 aliphatic rings. The highest BCUT2D eigenvalue weighted by Gasteiger charge is 2.50. The van der Waals surface area contributed by atoms with Gasteiger partial charge in [0.2, 0.25) is 0 Å². The van der Waals surface area contributed by atoms with Crippen LogP contribution in [-0.4, -0.2) is 24.7 Å². The first-order valence-electron chi connectivity index (χ1n) is 4.02. The topological polar surface area (TPSA) is 26.3 Å². The standard InChI is InChI=1S/C8H11F5O2/c1-7(2,3)6(14)15-4(5(9)10)8(11,12)13/h4-5H,1-3H3. The molecule has 90 valence electrons. The minimum atomic E-state index is -5.25. The van der Waals surface area contributed by atoms with E-state index in [9.17, 15) is 26.7 Å². The molecule has 0 aromatic carbocycles. The van der Waals surface area contributed by atoms with Gasteiger partial charge >= 0.3 is 12.1 Å². The molecule has 2 nitrogen and oxygen atoms in total. The maximum Gasteiger partial charge on any atom is 0.431 e. The highest BCUT2D eigenvalue weighted by atomic mass is 19.4. The summed E-state index contributed by atoms with van der Waals surface area (Å²) in [6.45, 7) is 3.82. The molecule has 0 saturated heterocycles. The zero-order chi connectivity index (χ0) is 12.4. The largest absolute Gasteiger partial charge is 0.446 e. The number of alkyl halides is 5. The Morgan fingerprint density at radius 2 is 1.53 bits per heavy atom. The number of hydrogen-bond acceptors (Lipinski definition) is 2. The van der Waals surface area contributed by atoms with Crippen LogP contribution in [0, 0.1) is 5.41 Å². The second kappa shape index (κ2) is 4.32. The number of hydrogen-bond donors (Lipinski definition) is 0. The van der Waals surface area contributed by atoms with Crippen LogP contribution in [0.2, 0.25) is 0 Å². The molecule has 0 saturated carbocycles. The van der Waals surface area contributed by atoms with Gasteiger partial charge in [0.15, 0.2) is 0 Å². The van der Waals surface area contributed by atoms with Crippen LogP contribution < -0.4 is 0 Å². The van der Waals surface area contributed by atoms with Gasteiger partial charge in [-0.05, 0) is 20.8 Å². The number of ether oxygens (including phenoxy) is 1. The molecule has 15 heavy (non-hydrogen) atoms. The lowest BCUT2D eigenvalue weighted by molar-refractivity contribution is -0.252. The quantitative estimate of drug-likeness (QED) is 0.542. The molecule has 0 heterocycles. The molecule has 0 aliphatic heterocycles. The zero-order valence-corrected chi connectivity index (χ0v) is 8.36. The Bertz CT molecular complexity index is 228. The summed E-state index contributed by atoms with van der Waals surface area (Å²) in [6, 6.07) is 0. The van der Waals surface area contributed by atoms with Crippen molar-refractivity contribution in [2.75, 3.05) is 0 Å². The summed E-state index contributed by atoms with van der Waals surface area (Å²) in [5.41, 5.74) is -1.25. The fourth-order valence-corrected chi connectivity index (χ4v) is 0.553. The van der Waals surface area contributed by atoms with E-state index in [4.69, 9.17) is 0 Å². The molecule has 0 rings (SSSR count). The Hall–Kier alpha value is -0.880. The molecule has 0 bridgehead atoms. The fourth-order valence-electron chi connectivity index (χ4n) is 0.553. The average Bonchev–Trinajstić information content (AvgIpc) is 1.94. The van der Waals surface area contributed by atoms with E-state index in [1.54, 1.807) is 0 Å². The van der Waals surface area contributed by atoms with Crippen molar-refractivity contribution < 1.29 is 31.5 Å². The normalized spacial score (nSPS) is 15.3. The van der Waals surface area contributed by atoms with Crippen LogP contribution in [0.4, 0.5) is 22.0 Å². The zero-order valence-electron chi connectivity index (χ0n) is 8.36. The number of halogens is 5. The maximum atomic E-state index is 12.0. The van der Waals surface area contributed by atoms with Crippen molar-refractivity contribution in [1.82, 2.24) is 0 Å². The van der Waals surface area contributed by atoms with Gasteiger partial charge in [-0.1, -0.05) is 0 Å². The first kappa shape index (κ1) is 14.1. The molecule has 7 heteroatoms. The van der Waals surface area contributed by atoms with Gasteiger partial charge in [0.05, 0.1) is 5.41 Å². The lowest BCUT2D eigenvalue weighted by Gasteiger charge is -2.24. The van der Waals surface area contributed by atoms with E-state index in [1.807, 2.05) is 0 Å². The van der Waals surface area contributed by atoms with E-state index in [0.717, 1.165) is 0 Å². The van der Waals surface area contributed by atoms with Crippen LogP contribution in [-0.2, 0) is 9.53 Å². The Labute approximate surface area is 83.4 Å². The van der Waals surface area contributed by atoms with Gasteiger partial charge in [-0.15, -0.1) is 0 Å². The Balaban J connectivity index is 4.66. The van der Waals surface area contributed by atoms with Gasteiger partial charge in [-0.3, -0.25) is 4.79 Å². The van der Waals surface area contributed by atoms with Gasteiger partial charge in [0.1, 0.15) is 0 Å². The molecule has 0 radical (unpaired) electrons. The van der Waals surface area contributed by atoms with E-state index in [-0.39, 0.29) is 0 Å². The van der Waals surface area contributed by atoms with Gasteiger partial charge < -0.3 is 4.74 Å². The highest BCUT2D eigenvalue weighted by molar-refractivity contribution is 5.75. The fraction of sp³-hybridized carbons (Fsp3) is 0.875. The molecule has 0 aromatic rings. The number of rotatable bonds is 2. The monoisotopic (exact) mass is 234 g/mol. The predicted molar refractivity (Wildman–Crippen MR) is 41.4 cm³/mol. The lowest BCUT2D eigenvalue weighted by atomic mass is 9.97. The Morgan fingerprint density at radius 3 is 1.73 bits per heavy atom. The average molecular weight is 234 g/mol. The molecule has 1 unspecified atom stereocenters. The van der Waals surface area contributed by atoms with Gasteiger partial charge in [0.25, 0.3) is 12.5 Å². The summed E-state index contributed by atoms with van der Waals surface area (Å²) in [5.74, 6) is -1.31. The maximum absolute atomic E-state index is 12.0. The van der Waals surface area contributed by atoms with Crippen molar-refractivity contribution in [3.05, 3.63) is 0 Å². The van der Waals surface area contributed by atoms with Crippen LogP contribution in [0.3, 0.4) is 0 Å². The summed E-state index contributed by atoms with van der Waals surface area (Å²) in [7, 11) is 0.